The molecule has 1 fully saturated rings. The van der Waals surface area contributed by atoms with Gasteiger partial charge >= 0.3 is 5.97 Å². The van der Waals surface area contributed by atoms with Crippen molar-refractivity contribution in [1.82, 2.24) is 10.1 Å². The lowest BCUT2D eigenvalue weighted by Crippen LogP contribution is -2.18. The van der Waals surface area contributed by atoms with Crippen LogP contribution in [-0.4, -0.2) is 34.2 Å². The van der Waals surface area contributed by atoms with E-state index in [9.17, 15) is 4.79 Å². The molecule has 6 heteroatoms. The Labute approximate surface area is 130 Å². The second kappa shape index (κ2) is 5.99. The number of carbonyl (C=O) groups is 1. The largest absolute Gasteiger partial charge is 0.475 e. The van der Waals surface area contributed by atoms with Crippen LogP contribution in [0, 0.1) is 0 Å². The average Bonchev–Trinajstić information content (AvgIpc) is 3.12. The molecule has 5 nitrogen and oxygen atoms in total. The summed E-state index contributed by atoms with van der Waals surface area (Å²) in [5.41, 5.74) is 2.59. The SMILES string of the molecule is O=C(O)c1cc(-c2ccc(CN3CCCC3)c(Br)c2)no1. The van der Waals surface area contributed by atoms with E-state index in [-0.39, 0.29) is 5.76 Å². The topological polar surface area (TPSA) is 66.6 Å². The number of likely N-dealkylation sites (tertiary alicyclic amines) is 1. The summed E-state index contributed by atoms with van der Waals surface area (Å²) in [6, 6.07) is 7.38. The van der Waals surface area contributed by atoms with Gasteiger partial charge in [-0.2, -0.15) is 0 Å². The molecule has 3 rings (SSSR count). The lowest BCUT2D eigenvalue weighted by molar-refractivity contribution is 0.0652. The Morgan fingerprint density at radius 3 is 2.71 bits per heavy atom. The minimum atomic E-state index is -1.11. The van der Waals surface area contributed by atoms with E-state index < -0.39 is 5.97 Å². The number of aromatic carboxylic acids is 1. The molecule has 21 heavy (non-hydrogen) atoms. The van der Waals surface area contributed by atoms with E-state index in [1.807, 2.05) is 18.2 Å². The molecule has 0 radical (unpaired) electrons. The molecule has 2 aromatic rings. The Hall–Kier alpha value is -1.66. The number of aromatic nitrogens is 1. The van der Waals surface area contributed by atoms with E-state index in [4.69, 9.17) is 9.63 Å². The molecule has 0 spiro atoms. The maximum absolute atomic E-state index is 10.8. The van der Waals surface area contributed by atoms with Gasteiger partial charge in [0.1, 0.15) is 5.69 Å². The standard InChI is InChI=1S/C15H15BrN2O3/c16-12-7-10(13-8-14(15(19)20)21-17-13)3-4-11(12)9-18-5-1-2-6-18/h3-4,7-8H,1-2,5-6,9H2,(H,19,20). The van der Waals surface area contributed by atoms with E-state index in [0.717, 1.165) is 29.7 Å². The zero-order valence-corrected chi connectivity index (χ0v) is 13.0. The molecule has 1 aromatic carbocycles. The highest BCUT2D eigenvalue weighted by molar-refractivity contribution is 9.10. The normalized spacial score (nSPS) is 15.5. The minimum absolute atomic E-state index is 0.151. The predicted molar refractivity (Wildman–Crippen MR) is 81.1 cm³/mol. The third-order valence-corrected chi connectivity index (χ3v) is 4.40. The van der Waals surface area contributed by atoms with Crippen LogP contribution in [0.2, 0.25) is 0 Å². The summed E-state index contributed by atoms with van der Waals surface area (Å²) in [6.45, 7) is 3.24. The quantitative estimate of drug-likeness (QED) is 0.915. The first-order valence-electron chi connectivity index (χ1n) is 6.84. The van der Waals surface area contributed by atoms with Gasteiger partial charge in [0.15, 0.2) is 0 Å². The zero-order valence-electron chi connectivity index (χ0n) is 11.4. The van der Waals surface area contributed by atoms with Gasteiger partial charge in [0.05, 0.1) is 0 Å². The Morgan fingerprint density at radius 2 is 2.10 bits per heavy atom. The summed E-state index contributed by atoms with van der Waals surface area (Å²) >= 11 is 3.59. The van der Waals surface area contributed by atoms with E-state index >= 15 is 0 Å². The van der Waals surface area contributed by atoms with Crippen LogP contribution in [-0.2, 0) is 6.54 Å². The molecule has 0 saturated carbocycles. The third-order valence-electron chi connectivity index (χ3n) is 3.66. The molecule has 1 saturated heterocycles. The van der Waals surface area contributed by atoms with Gasteiger partial charge in [0.2, 0.25) is 5.76 Å². The molecule has 1 aliphatic rings. The molecular weight excluding hydrogens is 336 g/mol. The summed E-state index contributed by atoms with van der Waals surface area (Å²) in [7, 11) is 0. The van der Waals surface area contributed by atoms with Crippen LogP contribution in [0.5, 0.6) is 0 Å². The molecule has 0 unspecified atom stereocenters. The number of hydrogen-bond donors (Lipinski definition) is 1. The smallest absolute Gasteiger partial charge is 0.374 e. The van der Waals surface area contributed by atoms with Crippen LogP contribution in [0.25, 0.3) is 11.3 Å². The van der Waals surface area contributed by atoms with Crippen LogP contribution in [0.1, 0.15) is 29.0 Å². The number of benzene rings is 1. The van der Waals surface area contributed by atoms with Gasteiger partial charge in [0.25, 0.3) is 0 Å². The lowest BCUT2D eigenvalue weighted by Gasteiger charge is -2.16. The fourth-order valence-electron chi connectivity index (χ4n) is 2.53. The van der Waals surface area contributed by atoms with Crippen molar-refractivity contribution in [2.45, 2.75) is 19.4 Å². The number of carboxylic acids is 1. The van der Waals surface area contributed by atoms with Crippen LogP contribution in [0.3, 0.4) is 0 Å². The summed E-state index contributed by atoms with van der Waals surface area (Å²) in [5, 5.41) is 12.6. The highest BCUT2D eigenvalue weighted by Crippen LogP contribution is 2.27. The summed E-state index contributed by atoms with van der Waals surface area (Å²) < 4.78 is 5.79. The predicted octanol–water partition coefficient (Wildman–Crippen LogP) is 3.40. The molecule has 0 amide bonds. The first kappa shape index (κ1) is 14.3. The molecule has 2 heterocycles. The van der Waals surface area contributed by atoms with Gasteiger partial charge in [-0.15, -0.1) is 0 Å². The third kappa shape index (κ3) is 3.16. The number of nitrogens with zero attached hydrogens (tertiary/aromatic N) is 2. The Morgan fingerprint density at radius 1 is 1.33 bits per heavy atom. The monoisotopic (exact) mass is 350 g/mol. The van der Waals surface area contributed by atoms with E-state index in [0.29, 0.717) is 5.69 Å². The van der Waals surface area contributed by atoms with Gasteiger partial charge in [-0.3, -0.25) is 4.90 Å². The molecule has 1 aliphatic heterocycles. The number of rotatable bonds is 4. The van der Waals surface area contributed by atoms with Gasteiger partial charge < -0.3 is 9.63 Å². The second-order valence-electron chi connectivity index (χ2n) is 5.17. The van der Waals surface area contributed by atoms with Crippen LogP contribution in [0.4, 0.5) is 0 Å². The number of hydrogen-bond acceptors (Lipinski definition) is 4. The second-order valence-corrected chi connectivity index (χ2v) is 6.03. The van der Waals surface area contributed by atoms with Gasteiger partial charge in [-0.05, 0) is 37.6 Å². The molecule has 0 atom stereocenters. The van der Waals surface area contributed by atoms with Crippen molar-refractivity contribution in [3.63, 3.8) is 0 Å². The van der Waals surface area contributed by atoms with Crippen LogP contribution in [0.15, 0.2) is 33.3 Å². The number of carboxylic acid groups (broad SMARTS) is 1. The van der Waals surface area contributed by atoms with Gasteiger partial charge in [-0.1, -0.05) is 33.2 Å². The first-order valence-corrected chi connectivity index (χ1v) is 7.64. The average molecular weight is 351 g/mol. The molecule has 0 bridgehead atoms. The lowest BCUT2D eigenvalue weighted by atomic mass is 10.1. The Bertz CT molecular complexity index is 663. The van der Waals surface area contributed by atoms with E-state index in [2.05, 4.69) is 26.0 Å². The molecule has 110 valence electrons. The fourth-order valence-corrected chi connectivity index (χ4v) is 3.03. The zero-order chi connectivity index (χ0) is 14.8. The van der Waals surface area contributed by atoms with Gasteiger partial charge in [0, 0.05) is 22.6 Å². The highest BCUT2D eigenvalue weighted by atomic mass is 79.9. The van der Waals surface area contributed by atoms with Crippen molar-refractivity contribution < 1.29 is 14.4 Å². The van der Waals surface area contributed by atoms with Crippen molar-refractivity contribution in [1.29, 1.82) is 0 Å². The van der Waals surface area contributed by atoms with Crippen LogP contribution >= 0.6 is 15.9 Å². The summed E-state index contributed by atoms with van der Waals surface area (Å²) in [5.74, 6) is -1.26. The molecule has 1 aromatic heterocycles. The van der Waals surface area contributed by atoms with Crippen molar-refractivity contribution >= 4 is 21.9 Å². The summed E-state index contributed by atoms with van der Waals surface area (Å²) in [6.07, 6.45) is 2.54. The van der Waals surface area contributed by atoms with Crippen molar-refractivity contribution in [3.8, 4) is 11.3 Å². The molecular formula is C15H15BrN2O3. The Balaban J connectivity index is 1.80. The van der Waals surface area contributed by atoms with Crippen LogP contribution < -0.4 is 0 Å². The van der Waals surface area contributed by atoms with Crippen molar-refractivity contribution in [2.75, 3.05) is 13.1 Å². The van der Waals surface area contributed by atoms with E-state index in [1.54, 1.807) is 0 Å². The highest BCUT2D eigenvalue weighted by Gasteiger charge is 2.15. The number of halogens is 1. The van der Waals surface area contributed by atoms with Crippen molar-refractivity contribution in [2.24, 2.45) is 0 Å². The fraction of sp³-hybridized carbons (Fsp3) is 0.333. The molecule has 1 N–H and O–H groups in total. The molecule has 0 aliphatic carbocycles. The van der Waals surface area contributed by atoms with Gasteiger partial charge in [-0.25, -0.2) is 4.79 Å². The minimum Gasteiger partial charge on any atom is -0.475 e. The Kier molecular flexibility index (Phi) is 4.07. The maximum Gasteiger partial charge on any atom is 0.374 e. The summed E-state index contributed by atoms with van der Waals surface area (Å²) in [4.78, 5) is 13.2. The van der Waals surface area contributed by atoms with Crippen molar-refractivity contribution in [3.05, 3.63) is 40.1 Å². The van der Waals surface area contributed by atoms with E-state index in [1.165, 1.54) is 24.5 Å². The maximum atomic E-state index is 10.8. The first-order chi connectivity index (χ1) is 10.1.